The molecule has 9 atom stereocenters. The molecule has 2 heterocycles. The van der Waals surface area contributed by atoms with Crippen LogP contribution in [0.15, 0.2) is 21.1 Å². The minimum Gasteiger partial charge on any atom is -0.394 e. The number of aliphatic hydroxyl groups is 8. The highest BCUT2D eigenvalue weighted by atomic mass is 79.9. The molecule has 0 amide bonds. The number of halogens is 2. The quantitative estimate of drug-likeness (QED) is 0.130. The van der Waals surface area contributed by atoms with Crippen LogP contribution < -0.4 is 10.6 Å². The molecular weight excluding hydrogens is 676 g/mol. The molecule has 4 rings (SSSR count). The number of hydrogen-bond donors (Lipinski definition) is 10. The Labute approximate surface area is 254 Å². The molecule has 1 aromatic rings. The summed E-state index contributed by atoms with van der Waals surface area (Å²) < 4.78 is 17.9. The molecule has 234 valence electrons. The van der Waals surface area contributed by atoms with Crippen molar-refractivity contribution in [3.8, 4) is 0 Å². The monoisotopic (exact) mass is 714 g/mol. The maximum Gasteiger partial charge on any atom is 0.274 e. The highest BCUT2D eigenvalue weighted by molar-refractivity contribution is 9.11. The Bertz CT molecular complexity index is 1000. The van der Waals surface area contributed by atoms with Crippen LogP contribution in [0.3, 0.4) is 0 Å². The summed E-state index contributed by atoms with van der Waals surface area (Å²) in [5.74, 6) is -3.31. The van der Waals surface area contributed by atoms with Gasteiger partial charge in [-0.25, -0.2) is 0 Å². The van der Waals surface area contributed by atoms with E-state index in [-0.39, 0.29) is 32.0 Å². The summed E-state index contributed by atoms with van der Waals surface area (Å²) in [7, 11) is 0. The minimum absolute atomic E-state index is 0.226. The first-order chi connectivity index (χ1) is 19.4. The van der Waals surface area contributed by atoms with Gasteiger partial charge in [0.25, 0.3) is 5.91 Å². The predicted molar refractivity (Wildman–Crippen MR) is 152 cm³/mol. The summed E-state index contributed by atoms with van der Waals surface area (Å²) in [6, 6.07) is 3.87. The van der Waals surface area contributed by atoms with Gasteiger partial charge in [0.05, 0.1) is 44.3 Å². The largest absolute Gasteiger partial charge is 0.394 e. The normalized spacial score (nSPS) is 40.0. The summed E-state index contributed by atoms with van der Waals surface area (Å²) in [6.07, 6.45) is -6.70. The second-order valence-corrected chi connectivity index (χ2v) is 12.8. The lowest BCUT2D eigenvalue weighted by atomic mass is 9.91. The van der Waals surface area contributed by atoms with Gasteiger partial charge in [0.15, 0.2) is 0 Å². The van der Waals surface area contributed by atoms with E-state index in [9.17, 15) is 40.9 Å². The van der Waals surface area contributed by atoms with Gasteiger partial charge in [0, 0.05) is 27.4 Å². The molecule has 0 aromatic heterocycles. The van der Waals surface area contributed by atoms with Crippen molar-refractivity contribution in [3.05, 3.63) is 26.6 Å². The first-order valence-corrected chi connectivity index (χ1v) is 15.3. The summed E-state index contributed by atoms with van der Waals surface area (Å²) in [5, 5.41) is 88.8. The molecule has 10 N–H and O–H groups in total. The van der Waals surface area contributed by atoms with Crippen molar-refractivity contribution in [3.63, 3.8) is 0 Å². The maximum atomic E-state index is 11.4. The van der Waals surface area contributed by atoms with E-state index in [0.29, 0.717) is 16.7 Å². The SMILES string of the molecule is OC[C@H]1O[C@@H](COC[C@@H]2[C@H](O)CO[C@](O)(Nc3c(Br)cc(Br)cc3CNC3CCC(O)CC3)[C@H]2O)[C@H](O)[C@@H](O)[C@H]1O. The zero-order valence-corrected chi connectivity index (χ0v) is 25.5. The van der Waals surface area contributed by atoms with Gasteiger partial charge in [-0.15, -0.1) is 0 Å². The van der Waals surface area contributed by atoms with E-state index in [1.165, 1.54) is 0 Å². The third-order valence-electron chi connectivity index (χ3n) is 8.08. The lowest BCUT2D eigenvalue weighted by Gasteiger charge is -2.44. The zero-order chi connectivity index (χ0) is 29.9. The number of hydrogen-bond acceptors (Lipinski definition) is 13. The molecule has 2 aliphatic heterocycles. The summed E-state index contributed by atoms with van der Waals surface area (Å²) >= 11 is 7.00. The first-order valence-electron chi connectivity index (χ1n) is 13.7. The zero-order valence-electron chi connectivity index (χ0n) is 22.4. The standard InChI is InChI=1S/C26H40Br2N2O11/c27-13-5-12(7-29-14-1-3-15(32)4-2-14)21(17(28)6-13)30-26(38)25(37)16(18(33)10-40-26)9-39-11-20-23(35)24(36)22(34)19(8-31)41-20/h5-6,14-16,18-20,22-25,29-38H,1-4,7-11H2/t14?,15?,16-,18-,19-,20+,22+,23+,24+,25+,26+/m1/s1. The first kappa shape index (κ1) is 33.4. The Hall–Kier alpha value is -0.500. The van der Waals surface area contributed by atoms with E-state index in [4.69, 9.17) is 14.2 Å². The van der Waals surface area contributed by atoms with Crippen LogP contribution in [0, 0.1) is 5.92 Å². The molecule has 1 saturated carbocycles. The Morgan fingerprint density at radius 3 is 2.29 bits per heavy atom. The maximum absolute atomic E-state index is 11.4. The van der Waals surface area contributed by atoms with Crippen molar-refractivity contribution in [1.29, 1.82) is 0 Å². The Morgan fingerprint density at radius 1 is 0.927 bits per heavy atom. The van der Waals surface area contributed by atoms with Gasteiger partial charge >= 0.3 is 0 Å². The van der Waals surface area contributed by atoms with Gasteiger partial charge in [-0.05, 0) is 59.3 Å². The Kier molecular flexibility index (Phi) is 11.8. The van der Waals surface area contributed by atoms with Gasteiger partial charge in [0.2, 0.25) is 0 Å². The molecule has 13 nitrogen and oxygen atoms in total. The third-order valence-corrected chi connectivity index (χ3v) is 9.16. The molecule has 1 aliphatic carbocycles. The third kappa shape index (κ3) is 7.97. The fourth-order valence-corrected chi connectivity index (χ4v) is 6.90. The lowest BCUT2D eigenvalue weighted by Crippen LogP contribution is -2.63. The van der Waals surface area contributed by atoms with E-state index >= 15 is 0 Å². The summed E-state index contributed by atoms with van der Waals surface area (Å²) in [4.78, 5) is 0. The second-order valence-electron chi connectivity index (χ2n) is 11.0. The van der Waals surface area contributed by atoms with Crippen LogP contribution in [0.4, 0.5) is 5.69 Å². The number of nitrogens with one attached hydrogen (secondary N) is 2. The van der Waals surface area contributed by atoms with Crippen molar-refractivity contribution in [2.45, 2.75) is 93.0 Å². The van der Waals surface area contributed by atoms with Crippen LogP contribution in [0.1, 0.15) is 31.2 Å². The van der Waals surface area contributed by atoms with Gasteiger partial charge < -0.3 is 65.7 Å². The van der Waals surface area contributed by atoms with Gasteiger partial charge in [-0.3, -0.25) is 0 Å². The summed E-state index contributed by atoms with van der Waals surface area (Å²) in [5.41, 5.74) is 1.23. The second kappa shape index (κ2) is 14.5. The van der Waals surface area contributed by atoms with Crippen LogP contribution >= 0.6 is 31.9 Å². The number of anilines is 1. The van der Waals surface area contributed by atoms with Crippen molar-refractivity contribution >= 4 is 37.5 Å². The topological polar surface area (TPSA) is 214 Å². The van der Waals surface area contributed by atoms with Gasteiger partial charge in [0.1, 0.15) is 36.6 Å². The fourth-order valence-electron chi connectivity index (χ4n) is 5.49. The van der Waals surface area contributed by atoms with E-state index in [1.807, 2.05) is 6.07 Å². The molecule has 0 spiro atoms. The number of ether oxygens (including phenoxy) is 3. The molecule has 3 aliphatic rings. The van der Waals surface area contributed by atoms with Crippen LogP contribution in [-0.2, 0) is 20.8 Å². The van der Waals surface area contributed by atoms with Crippen molar-refractivity contribution < 1.29 is 55.1 Å². The predicted octanol–water partition coefficient (Wildman–Crippen LogP) is -1.11. The number of rotatable bonds is 10. The lowest BCUT2D eigenvalue weighted by molar-refractivity contribution is -0.302. The molecular formula is C26H40Br2N2O11. The highest BCUT2D eigenvalue weighted by Gasteiger charge is 2.50. The van der Waals surface area contributed by atoms with E-state index in [1.54, 1.807) is 6.07 Å². The Balaban J connectivity index is 1.41. The molecule has 0 unspecified atom stereocenters. The molecule has 1 aromatic carbocycles. The van der Waals surface area contributed by atoms with Gasteiger partial charge in [-0.2, -0.15) is 0 Å². The van der Waals surface area contributed by atoms with E-state index in [2.05, 4.69) is 42.5 Å². The van der Waals surface area contributed by atoms with Crippen molar-refractivity contribution in [1.82, 2.24) is 5.32 Å². The fraction of sp³-hybridized carbons (Fsp3) is 0.769. The molecule has 15 heteroatoms. The number of benzene rings is 1. The van der Waals surface area contributed by atoms with E-state index in [0.717, 1.165) is 35.7 Å². The molecule has 2 saturated heterocycles. The van der Waals surface area contributed by atoms with Crippen LogP contribution in [0.25, 0.3) is 0 Å². The van der Waals surface area contributed by atoms with Crippen molar-refractivity contribution in [2.24, 2.45) is 5.92 Å². The highest BCUT2D eigenvalue weighted by Crippen LogP contribution is 2.37. The molecule has 0 radical (unpaired) electrons. The van der Waals surface area contributed by atoms with Crippen LogP contribution in [0.5, 0.6) is 0 Å². The minimum atomic E-state index is -2.30. The van der Waals surface area contributed by atoms with Gasteiger partial charge in [-0.1, -0.05) is 15.9 Å². The Morgan fingerprint density at radius 2 is 1.61 bits per heavy atom. The van der Waals surface area contributed by atoms with E-state index < -0.39 is 61.2 Å². The average molecular weight is 716 g/mol. The van der Waals surface area contributed by atoms with Crippen LogP contribution in [-0.4, -0.2) is 128 Å². The smallest absolute Gasteiger partial charge is 0.274 e. The van der Waals surface area contributed by atoms with Crippen molar-refractivity contribution in [2.75, 3.05) is 31.7 Å². The molecule has 0 bridgehead atoms. The molecule has 3 fully saturated rings. The number of aliphatic hydroxyl groups excluding tert-OH is 7. The van der Waals surface area contributed by atoms with Crippen LogP contribution in [0.2, 0.25) is 0 Å². The summed E-state index contributed by atoms with van der Waals surface area (Å²) in [6.45, 7) is -1.02. The molecule has 41 heavy (non-hydrogen) atoms. The average Bonchev–Trinajstić information content (AvgIpc) is 2.94.